The molecule has 0 heterocycles. The lowest BCUT2D eigenvalue weighted by Gasteiger charge is -2.49. The molecular weight excluding hydrogens is 180 g/mol. The highest BCUT2D eigenvalue weighted by Gasteiger charge is 2.52. The lowest BCUT2D eigenvalue weighted by atomic mass is 9.64. The van der Waals surface area contributed by atoms with Crippen LogP contribution < -0.4 is 11.1 Å². The molecule has 4 heteroatoms. The van der Waals surface area contributed by atoms with E-state index in [4.69, 9.17) is 5.73 Å². The third-order valence-corrected chi connectivity index (χ3v) is 3.76. The maximum Gasteiger partial charge on any atom is 0.240 e. The van der Waals surface area contributed by atoms with Gasteiger partial charge in [-0.1, -0.05) is 13.8 Å². The number of aliphatic hydroxyl groups is 1. The van der Waals surface area contributed by atoms with Gasteiger partial charge in [0.15, 0.2) is 0 Å². The highest BCUT2D eigenvalue weighted by atomic mass is 16.3. The molecule has 1 amide bonds. The maximum atomic E-state index is 11.6. The minimum absolute atomic E-state index is 0.0533. The summed E-state index contributed by atoms with van der Waals surface area (Å²) in [5, 5.41) is 12.4. The van der Waals surface area contributed by atoms with Crippen LogP contribution in [-0.2, 0) is 4.79 Å². The van der Waals surface area contributed by atoms with Gasteiger partial charge in [0.2, 0.25) is 5.91 Å². The molecule has 0 aromatic carbocycles. The third kappa shape index (κ3) is 1.33. The standard InChI is InChI=1S/C10H18N2O2/c1-9(2)6(5-7(9)13)12-8(14)10(11)3-4-10/h6-7,13H,3-5,11H2,1-2H3,(H,12,14). The number of hydrogen-bond donors (Lipinski definition) is 3. The third-order valence-electron chi connectivity index (χ3n) is 3.76. The van der Waals surface area contributed by atoms with Crippen LogP contribution in [-0.4, -0.2) is 28.7 Å². The van der Waals surface area contributed by atoms with Crippen LogP contribution in [0.15, 0.2) is 0 Å². The van der Waals surface area contributed by atoms with E-state index in [1.54, 1.807) is 0 Å². The van der Waals surface area contributed by atoms with E-state index in [1.807, 2.05) is 13.8 Å². The number of rotatable bonds is 2. The summed E-state index contributed by atoms with van der Waals surface area (Å²) in [6, 6.07) is 0.0750. The second-order valence-electron chi connectivity index (χ2n) is 5.26. The van der Waals surface area contributed by atoms with E-state index in [0.717, 1.165) is 12.8 Å². The summed E-state index contributed by atoms with van der Waals surface area (Å²) in [5.74, 6) is -0.0533. The molecular formula is C10H18N2O2. The number of hydrogen-bond acceptors (Lipinski definition) is 3. The summed E-state index contributed by atoms with van der Waals surface area (Å²) in [6.45, 7) is 3.92. The van der Waals surface area contributed by atoms with E-state index in [-0.39, 0.29) is 23.5 Å². The monoisotopic (exact) mass is 198 g/mol. The van der Waals surface area contributed by atoms with E-state index in [2.05, 4.69) is 5.32 Å². The molecule has 14 heavy (non-hydrogen) atoms. The molecule has 2 aliphatic rings. The van der Waals surface area contributed by atoms with Crippen molar-refractivity contribution in [1.82, 2.24) is 5.32 Å². The van der Waals surface area contributed by atoms with Gasteiger partial charge in [0, 0.05) is 11.5 Å². The van der Waals surface area contributed by atoms with Gasteiger partial charge in [0.25, 0.3) is 0 Å². The van der Waals surface area contributed by atoms with Crippen molar-refractivity contribution in [3.05, 3.63) is 0 Å². The van der Waals surface area contributed by atoms with Crippen LogP contribution in [0.1, 0.15) is 33.1 Å². The SMILES string of the molecule is CC1(C)C(O)CC1NC(=O)C1(N)CC1. The first-order valence-corrected chi connectivity index (χ1v) is 5.14. The average Bonchev–Trinajstić information content (AvgIpc) is 2.84. The summed E-state index contributed by atoms with van der Waals surface area (Å²) in [4.78, 5) is 11.6. The molecule has 2 atom stereocenters. The van der Waals surface area contributed by atoms with E-state index in [9.17, 15) is 9.90 Å². The Hall–Kier alpha value is -0.610. The smallest absolute Gasteiger partial charge is 0.240 e. The van der Waals surface area contributed by atoms with Gasteiger partial charge in [0.1, 0.15) is 0 Å². The van der Waals surface area contributed by atoms with E-state index >= 15 is 0 Å². The Morgan fingerprint density at radius 2 is 2.07 bits per heavy atom. The number of carbonyl (C=O) groups excluding carboxylic acids is 1. The fraction of sp³-hybridized carbons (Fsp3) is 0.900. The summed E-state index contributed by atoms with van der Waals surface area (Å²) in [7, 11) is 0. The number of carbonyl (C=O) groups is 1. The van der Waals surface area contributed by atoms with Crippen molar-refractivity contribution in [3.63, 3.8) is 0 Å². The number of aliphatic hydroxyl groups excluding tert-OH is 1. The molecule has 0 aromatic heterocycles. The van der Waals surface area contributed by atoms with Gasteiger partial charge in [-0.3, -0.25) is 4.79 Å². The van der Waals surface area contributed by atoms with Crippen LogP contribution in [0.5, 0.6) is 0 Å². The van der Waals surface area contributed by atoms with Gasteiger partial charge < -0.3 is 16.2 Å². The van der Waals surface area contributed by atoms with Gasteiger partial charge in [-0.05, 0) is 19.3 Å². The normalized spacial score (nSPS) is 37.1. The molecule has 4 nitrogen and oxygen atoms in total. The molecule has 2 unspecified atom stereocenters. The van der Waals surface area contributed by atoms with Crippen molar-refractivity contribution in [2.75, 3.05) is 0 Å². The Bertz CT molecular complexity index is 271. The first-order chi connectivity index (χ1) is 6.36. The molecule has 0 aliphatic heterocycles. The zero-order chi connectivity index (χ0) is 10.6. The molecule has 0 spiro atoms. The zero-order valence-corrected chi connectivity index (χ0v) is 8.71. The summed E-state index contributed by atoms with van der Waals surface area (Å²) >= 11 is 0. The largest absolute Gasteiger partial charge is 0.392 e. The van der Waals surface area contributed by atoms with Crippen molar-refractivity contribution < 1.29 is 9.90 Å². The van der Waals surface area contributed by atoms with E-state index in [0.29, 0.717) is 6.42 Å². The Kier molecular flexibility index (Phi) is 1.92. The van der Waals surface area contributed by atoms with Crippen LogP contribution in [0, 0.1) is 5.41 Å². The van der Waals surface area contributed by atoms with Gasteiger partial charge in [0.05, 0.1) is 11.6 Å². The van der Waals surface area contributed by atoms with Gasteiger partial charge in [-0.25, -0.2) is 0 Å². The van der Waals surface area contributed by atoms with Crippen LogP contribution >= 0.6 is 0 Å². The molecule has 0 bridgehead atoms. The Labute approximate surface area is 83.9 Å². The maximum absolute atomic E-state index is 11.6. The predicted octanol–water partition coefficient (Wildman–Crippen LogP) is -0.247. The van der Waals surface area contributed by atoms with Gasteiger partial charge in [-0.15, -0.1) is 0 Å². The molecule has 2 rings (SSSR count). The molecule has 2 fully saturated rings. The van der Waals surface area contributed by atoms with Crippen LogP contribution in [0.2, 0.25) is 0 Å². The predicted molar refractivity (Wildman–Crippen MR) is 52.5 cm³/mol. The second-order valence-corrected chi connectivity index (χ2v) is 5.26. The highest BCUT2D eigenvalue weighted by molar-refractivity contribution is 5.89. The van der Waals surface area contributed by atoms with Crippen LogP contribution in [0.3, 0.4) is 0 Å². The minimum atomic E-state index is -0.601. The van der Waals surface area contributed by atoms with Crippen LogP contribution in [0.25, 0.3) is 0 Å². The lowest BCUT2D eigenvalue weighted by molar-refractivity contribution is -0.131. The fourth-order valence-electron chi connectivity index (χ4n) is 1.81. The topological polar surface area (TPSA) is 75.3 Å². The zero-order valence-electron chi connectivity index (χ0n) is 8.71. The number of amides is 1. The van der Waals surface area contributed by atoms with E-state index < -0.39 is 5.54 Å². The van der Waals surface area contributed by atoms with Crippen molar-refractivity contribution in [2.45, 2.75) is 50.8 Å². The minimum Gasteiger partial charge on any atom is -0.392 e. The molecule has 0 radical (unpaired) electrons. The first-order valence-electron chi connectivity index (χ1n) is 5.14. The van der Waals surface area contributed by atoms with Crippen LogP contribution in [0.4, 0.5) is 0 Å². The number of nitrogens with one attached hydrogen (secondary N) is 1. The fourth-order valence-corrected chi connectivity index (χ4v) is 1.81. The molecule has 2 aliphatic carbocycles. The number of nitrogens with two attached hydrogens (primary N) is 1. The van der Waals surface area contributed by atoms with Crippen molar-refractivity contribution >= 4 is 5.91 Å². The Morgan fingerprint density at radius 3 is 2.43 bits per heavy atom. The summed E-state index contributed by atoms with van der Waals surface area (Å²) in [5.41, 5.74) is 4.96. The average molecular weight is 198 g/mol. The second kappa shape index (κ2) is 2.70. The highest BCUT2D eigenvalue weighted by Crippen LogP contribution is 2.41. The first kappa shape index (κ1) is 9.93. The molecule has 0 aromatic rings. The lowest BCUT2D eigenvalue weighted by Crippen LogP contribution is -2.63. The molecule has 80 valence electrons. The van der Waals surface area contributed by atoms with Crippen molar-refractivity contribution in [2.24, 2.45) is 11.1 Å². The quantitative estimate of drug-likeness (QED) is 0.573. The van der Waals surface area contributed by atoms with Gasteiger partial charge >= 0.3 is 0 Å². The molecule has 2 saturated carbocycles. The van der Waals surface area contributed by atoms with Crippen molar-refractivity contribution in [3.8, 4) is 0 Å². The summed E-state index contributed by atoms with van der Waals surface area (Å²) < 4.78 is 0. The Balaban J connectivity index is 1.91. The summed E-state index contributed by atoms with van der Waals surface area (Å²) in [6.07, 6.45) is 1.92. The van der Waals surface area contributed by atoms with E-state index in [1.165, 1.54) is 0 Å². The molecule has 0 saturated heterocycles. The Morgan fingerprint density at radius 1 is 1.50 bits per heavy atom. The van der Waals surface area contributed by atoms with Crippen molar-refractivity contribution in [1.29, 1.82) is 0 Å². The molecule has 4 N–H and O–H groups in total. The van der Waals surface area contributed by atoms with Gasteiger partial charge in [-0.2, -0.15) is 0 Å².